The summed E-state index contributed by atoms with van der Waals surface area (Å²) < 4.78 is 29.8. The van der Waals surface area contributed by atoms with Gasteiger partial charge in [0.05, 0.1) is 15.1 Å². The maximum absolute atomic E-state index is 13.0. The van der Waals surface area contributed by atoms with Crippen LogP contribution in [-0.2, 0) is 10.0 Å². The van der Waals surface area contributed by atoms with Crippen molar-refractivity contribution < 1.29 is 8.42 Å². The third kappa shape index (κ3) is 3.44. The van der Waals surface area contributed by atoms with Crippen molar-refractivity contribution in [1.29, 1.82) is 0 Å². The van der Waals surface area contributed by atoms with E-state index in [0.29, 0.717) is 11.1 Å². The van der Waals surface area contributed by atoms with Crippen LogP contribution in [-0.4, -0.2) is 13.4 Å². The monoisotopic (exact) mass is 430 g/mol. The van der Waals surface area contributed by atoms with Crippen LogP contribution < -0.4 is 4.72 Å². The molecule has 0 aliphatic carbocycles. The molecule has 4 nitrogen and oxygen atoms in total. The summed E-state index contributed by atoms with van der Waals surface area (Å²) in [6.07, 6.45) is 0. The van der Waals surface area contributed by atoms with E-state index < -0.39 is 10.0 Å². The highest BCUT2D eigenvalue weighted by Crippen LogP contribution is 2.32. The van der Waals surface area contributed by atoms with Crippen LogP contribution in [0.25, 0.3) is 31.6 Å². The SMILES string of the molecule is Cc1ccc2nc(-c3ccc(NS(=O)(=O)c4cccc5ccccc45)cc3)sc2c1. The number of hydrogen-bond donors (Lipinski definition) is 1. The molecule has 0 amide bonds. The van der Waals surface area contributed by atoms with Crippen LogP contribution in [0.15, 0.2) is 89.8 Å². The van der Waals surface area contributed by atoms with Gasteiger partial charge in [-0.1, -0.05) is 42.5 Å². The summed E-state index contributed by atoms with van der Waals surface area (Å²) in [6.45, 7) is 2.07. The quantitative estimate of drug-likeness (QED) is 0.368. The summed E-state index contributed by atoms with van der Waals surface area (Å²) in [4.78, 5) is 4.96. The van der Waals surface area contributed by atoms with Crippen molar-refractivity contribution in [3.05, 3.63) is 90.5 Å². The molecule has 0 saturated heterocycles. The van der Waals surface area contributed by atoms with Gasteiger partial charge in [-0.25, -0.2) is 13.4 Å². The molecule has 0 unspecified atom stereocenters. The van der Waals surface area contributed by atoms with Crippen molar-refractivity contribution in [2.24, 2.45) is 0 Å². The lowest BCUT2D eigenvalue weighted by Crippen LogP contribution is -2.13. The summed E-state index contributed by atoms with van der Waals surface area (Å²) in [6, 6.07) is 26.3. The standard InChI is InChI=1S/C24H18N2O2S2/c1-16-9-14-21-22(15-16)29-24(25-21)18-10-12-19(13-11-18)26-30(27,28)23-8-4-6-17-5-2-3-7-20(17)23/h2-15,26H,1H3. The first-order chi connectivity index (χ1) is 14.5. The molecule has 0 bridgehead atoms. The number of nitrogens with zero attached hydrogens (tertiary/aromatic N) is 1. The minimum Gasteiger partial charge on any atom is -0.280 e. The third-order valence-corrected chi connectivity index (χ3v) is 7.47. The number of anilines is 1. The average molecular weight is 431 g/mol. The molecule has 0 atom stereocenters. The number of fused-ring (bicyclic) bond motifs is 2. The molecule has 30 heavy (non-hydrogen) atoms. The predicted octanol–water partition coefficient (Wildman–Crippen LogP) is 6.23. The van der Waals surface area contributed by atoms with Gasteiger partial charge in [0.2, 0.25) is 0 Å². The molecule has 5 rings (SSSR count). The van der Waals surface area contributed by atoms with Gasteiger partial charge in [0.1, 0.15) is 5.01 Å². The summed E-state index contributed by atoms with van der Waals surface area (Å²) in [5.41, 5.74) is 3.66. The lowest BCUT2D eigenvalue weighted by Gasteiger charge is -2.11. The molecule has 6 heteroatoms. The van der Waals surface area contributed by atoms with E-state index in [1.807, 2.05) is 48.5 Å². The first-order valence-electron chi connectivity index (χ1n) is 9.48. The molecule has 5 aromatic rings. The van der Waals surface area contributed by atoms with Gasteiger partial charge in [-0.2, -0.15) is 0 Å². The Bertz CT molecular complexity index is 1480. The fourth-order valence-corrected chi connectivity index (χ4v) is 5.84. The highest BCUT2D eigenvalue weighted by atomic mass is 32.2. The van der Waals surface area contributed by atoms with Gasteiger partial charge in [0.15, 0.2) is 0 Å². The molecule has 0 radical (unpaired) electrons. The van der Waals surface area contributed by atoms with Gasteiger partial charge in [-0.15, -0.1) is 11.3 Å². The van der Waals surface area contributed by atoms with Crippen LogP contribution >= 0.6 is 11.3 Å². The maximum Gasteiger partial charge on any atom is 0.262 e. The molecule has 0 aliphatic rings. The molecule has 4 aromatic carbocycles. The minimum atomic E-state index is -3.71. The highest BCUT2D eigenvalue weighted by Gasteiger charge is 2.17. The van der Waals surface area contributed by atoms with Crippen LogP contribution in [0.2, 0.25) is 0 Å². The van der Waals surface area contributed by atoms with E-state index in [1.54, 1.807) is 35.6 Å². The predicted molar refractivity (Wildman–Crippen MR) is 125 cm³/mol. The van der Waals surface area contributed by atoms with Crippen molar-refractivity contribution in [3.8, 4) is 10.6 Å². The van der Waals surface area contributed by atoms with Gasteiger partial charge >= 0.3 is 0 Å². The zero-order valence-electron chi connectivity index (χ0n) is 16.2. The number of sulfonamides is 1. The van der Waals surface area contributed by atoms with E-state index >= 15 is 0 Å². The Morgan fingerprint density at radius 1 is 0.867 bits per heavy atom. The van der Waals surface area contributed by atoms with E-state index in [2.05, 4.69) is 28.8 Å². The van der Waals surface area contributed by atoms with Gasteiger partial charge in [-0.05, 0) is 60.3 Å². The van der Waals surface area contributed by atoms with Crippen molar-refractivity contribution in [3.63, 3.8) is 0 Å². The molecule has 1 heterocycles. The van der Waals surface area contributed by atoms with Crippen LogP contribution in [0.4, 0.5) is 5.69 Å². The van der Waals surface area contributed by atoms with Crippen molar-refractivity contribution in [1.82, 2.24) is 4.98 Å². The second-order valence-electron chi connectivity index (χ2n) is 7.15. The molecule has 0 aliphatic heterocycles. The van der Waals surface area contributed by atoms with Crippen LogP contribution in [0.5, 0.6) is 0 Å². The van der Waals surface area contributed by atoms with E-state index in [0.717, 1.165) is 26.2 Å². The molecule has 0 fully saturated rings. The molecule has 0 saturated carbocycles. The first-order valence-corrected chi connectivity index (χ1v) is 11.8. The zero-order chi connectivity index (χ0) is 20.7. The topological polar surface area (TPSA) is 59.1 Å². The Kier molecular flexibility index (Phi) is 4.53. The fraction of sp³-hybridized carbons (Fsp3) is 0.0417. The number of aryl methyl sites for hydroxylation is 1. The van der Waals surface area contributed by atoms with Crippen molar-refractivity contribution >= 4 is 48.0 Å². The second-order valence-corrected chi connectivity index (χ2v) is 9.83. The fourth-order valence-electron chi connectivity index (χ4n) is 3.48. The smallest absolute Gasteiger partial charge is 0.262 e. The third-order valence-electron chi connectivity index (χ3n) is 4.97. The molecular weight excluding hydrogens is 412 g/mol. The van der Waals surface area contributed by atoms with E-state index in [-0.39, 0.29) is 4.90 Å². The lowest BCUT2D eigenvalue weighted by molar-refractivity contribution is 0.602. The summed E-state index contributed by atoms with van der Waals surface area (Å²) in [5, 5.41) is 2.51. The van der Waals surface area contributed by atoms with Crippen molar-refractivity contribution in [2.45, 2.75) is 11.8 Å². The number of nitrogens with one attached hydrogen (secondary N) is 1. The van der Waals surface area contributed by atoms with Crippen molar-refractivity contribution in [2.75, 3.05) is 4.72 Å². The Morgan fingerprint density at radius 2 is 1.63 bits per heavy atom. The molecule has 148 valence electrons. The molecule has 1 aromatic heterocycles. The molecule has 0 spiro atoms. The Hall–Kier alpha value is -3.22. The van der Waals surface area contributed by atoms with E-state index in [1.165, 1.54) is 5.56 Å². The summed E-state index contributed by atoms with van der Waals surface area (Å²) in [5.74, 6) is 0. The Balaban J connectivity index is 1.45. The molecular formula is C24H18N2O2S2. The average Bonchev–Trinajstić information content (AvgIpc) is 3.16. The van der Waals surface area contributed by atoms with E-state index in [9.17, 15) is 8.42 Å². The number of hydrogen-bond acceptors (Lipinski definition) is 4. The van der Waals surface area contributed by atoms with Crippen LogP contribution in [0.1, 0.15) is 5.56 Å². The lowest BCUT2D eigenvalue weighted by atomic mass is 10.1. The van der Waals surface area contributed by atoms with Gasteiger partial charge in [0.25, 0.3) is 10.0 Å². The highest BCUT2D eigenvalue weighted by molar-refractivity contribution is 7.93. The number of benzene rings is 4. The second kappa shape index (κ2) is 7.23. The number of thiazole rings is 1. The van der Waals surface area contributed by atoms with Gasteiger partial charge in [-0.3, -0.25) is 4.72 Å². The number of rotatable bonds is 4. The molecule has 1 N–H and O–H groups in total. The van der Waals surface area contributed by atoms with Crippen LogP contribution in [0.3, 0.4) is 0 Å². The zero-order valence-corrected chi connectivity index (χ0v) is 17.8. The Morgan fingerprint density at radius 3 is 2.47 bits per heavy atom. The maximum atomic E-state index is 13.0. The van der Waals surface area contributed by atoms with Gasteiger partial charge in [0, 0.05) is 16.6 Å². The largest absolute Gasteiger partial charge is 0.280 e. The normalized spacial score (nSPS) is 11.8. The Labute approximate surface area is 178 Å². The minimum absolute atomic E-state index is 0.270. The van der Waals surface area contributed by atoms with Crippen LogP contribution in [0, 0.1) is 6.92 Å². The van der Waals surface area contributed by atoms with Gasteiger partial charge < -0.3 is 0 Å². The number of aromatic nitrogens is 1. The summed E-state index contributed by atoms with van der Waals surface area (Å²) in [7, 11) is -3.71. The first kappa shape index (κ1) is 18.8. The summed E-state index contributed by atoms with van der Waals surface area (Å²) >= 11 is 1.63. The van der Waals surface area contributed by atoms with E-state index in [4.69, 9.17) is 0 Å².